The Morgan fingerprint density at radius 3 is 2.70 bits per heavy atom. The van der Waals surface area contributed by atoms with Gasteiger partial charge in [-0.3, -0.25) is 4.90 Å². The summed E-state index contributed by atoms with van der Waals surface area (Å²) in [5, 5.41) is 0. The van der Waals surface area contributed by atoms with Gasteiger partial charge in [0, 0.05) is 43.8 Å². The molecule has 3 unspecified atom stereocenters. The first-order valence-electron chi connectivity index (χ1n) is 10.6. The Morgan fingerprint density at radius 2 is 1.89 bits per heavy atom. The Morgan fingerprint density at radius 1 is 1.07 bits per heavy atom. The molecule has 0 radical (unpaired) electrons. The lowest BCUT2D eigenvalue weighted by molar-refractivity contribution is -0.615. The first kappa shape index (κ1) is 18.7. The summed E-state index contributed by atoms with van der Waals surface area (Å²) in [6, 6.07) is 0. The van der Waals surface area contributed by atoms with Crippen molar-refractivity contribution in [3.05, 3.63) is 0 Å². The molecule has 2 bridgehead atoms. The van der Waals surface area contributed by atoms with Crippen molar-refractivity contribution in [2.45, 2.75) is 64.0 Å². The molecule has 6 fully saturated rings. The largest absolute Gasteiger partial charge is 0.379 e. The summed E-state index contributed by atoms with van der Waals surface area (Å²) in [5.41, 5.74) is -0.487. The fourth-order valence-corrected chi connectivity index (χ4v) is 6.00. The van der Waals surface area contributed by atoms with Gasteiger partial charge in [0.2, 0.25) is 5.79 Å². The molecule has 1 aliphatic carbocycles. The zero-order chi connectivity index (χ0) is 18.6. The molecule has 27 heavy (non-hydrogen) atoms. The third-order valence-corrected chi connectivity index (χ3v) is 7.57. The van der Waals surface area contributed by atoms with E-state index in [1.54, 1.807) is 0 Å². The van der Waals surface area contributed by atoms with Gasteiger partial charge >= 0.3 is 0 Å². The summed E-state index contributed by atoms with van der Waals surface area (Å²) in [4.78, 5) is 14.2. The normalized spacial score (nSPS) is 52.6. The molecule has 5 saturated heterocycles. The molecule has 6 aliphatic rings. The molecule has 7 nitrogen and oxygen atoms in total. The molecule has 1 spiro atoms. The van der Waals surface area contributed by atoms with E-state index in [9.17, 15) is 0 Å². The van der Waals surface area contributed by atoms with Crippen molar-refractivity contribution in [2.24, 2.45) is 23.7 Å². The van der Waals surface area contributed by atoms with Crippen LogP contribution in [-0.2, 0) is 28.7 Å². The number of morpholine rings is 1. The van der Waals surface area contributed by atoms with Crippen LogP contribution in [0.2, 0.25) is 0 Å². The predicted molar refractivity (Wildman–Crippen MR) is 95.4 cm³/mol. The summed E-state index contributed by atoms with van der Waals surface area (Å²) in [6.45, 7) is 11.7. The molecule has 7 heteroatoms. The number of ether oxygens (including phenoxy) is 4. The van der Waals surface area contributed by atoms with E-state index >= 15 is 0 Å². The van der Waals surface area contributed by atoms with Crippen LogP contribution in [0.25, 0.3) is 0 Å². The van der Waals surface area contributed by atoms with Gasteiger partial charge in [0.25, 0.3) is 0 Å². The first-order chi connectivity index (χ1) is 13.0. The molecule has 0 aromatic carbocycles. The summed E-state index contributed by atoms with van der Waals surface area (Å²) in [5.74, 6) is 0.855. The maximum atomic E-state index is 6.37. The molecule has 0 amide bonds. The van der Waals surface area contributed by atoms with Crippen molar-refractivity contribution >= 4 is 0 Å². The van der Waals surface area contributed by atoms with E-state index in [1.165, 1.54) is 6.42 Å². The van der Waals surface area contributed by atoms with E-state index in [-0.39, 0.29) is 12.2 Å². The van der Waals surface area contributed by atoms with Crippen LogP contribution in [0.3, 0.4) is 0 Å². The van der Waals surface area contributed by atoms with Crippen molar-refractivity contribution < 1.29 is 28.7 Å². The fraction of sp³-hybridized carbons (Fsp3) is 1.00. The van der Waals surface area contributed by atoms with Crippen LogP contribution < -0.4 is 0 Å². The second-order valence-corrected chi connectivity index (χ2v) is 9.26. The lowest BCUT2D eigenvalue weighted by Gasteiger charge is -2.66. The van der Waals surface area contributed by atoms with Crippen LogP contribution in [0, 0.1) is 23.7 Å². The van der Waals surface area contributed by atoms with Crippen LogP contribution in [0.4, 0.5) is 0 Å². The number of hydrogen-bond acceptors (Lipinski definition) is 7. The van der Waals surface area contributed by atoms with E-state index in [4.69, 9.17) is 28.7 Å². The van der Waals surface area contributed by atoms with Gasteiger partial charge in [0.15, 0.2) is 18.2 Å². The third kappa shape index (κ3) is 2.98. The van der Waals surface area contributed by atoms with Crippen LogP contribution in [0.15, 0.2) is 0 Å². The van der Waals surface area contributed by atoms with Crippen LogP contribution in [0.5, 0.6) is 0 Å². The van der Waals surface area contributed by atoms with Crippen molar-refractivity contribution in [2.75, 3.05) is 39.5 Å². The number of hydrogen-bond donors (Lipinski definition) is 0. The molecule has 0 N–H and O–H groups in total. The fourth-order valence-electron chi connectivity index (χ4n) is 6.00. The average molecular weight is 383 g/mol. The van der Waals surface area contributed by atoms with Gasteiger partial charge < -0.3 is 18.9 Å². The number of rotatable bonds is 4. The number of fused-ring (bicyclic) bond motifs is 1. The Labute approximate surface area is 161 Å². The van der Waals surface area contributed by atoms with Crippen LogP contribution in [-0.4, -0.2) is 68.3 Å². The Bertz CT molecular complexity index is 557. The smallest absolute Gasteiger partial charge is 0.202 e. The SMILES string of the molecule is C[C@@H]1CCC2[C@@H](C)[C@@H](OCCN3CCOCC3)O[C@@H]3OC4(C)CC1[C@@]23OO4. The van der Waals surface area contributed by atoms with Crippen molar-refractivity contribution in [1.29, 1.82) is 0 Å². The number of nitrogens with zero attached hydrogens (tertiary/aromatic N) is 1. The maximum Gasteiger partial charge on any atom is 0.202 e. The summed E-state index contributed by atoms with van der Waals surface area (Å²) < 4.78 is 24.3. The van der Waals surface area contributed by atoms with Crippen LogP contribution in [0.1, 0.15) is 40.0 Å². The highest BCUT2D eigenvalue weighted by atomic mass is 17.3. The second kappa shape index (κ2) is 6.90. The Hall–Kier alpha value is -0.280. The first-order valence-corrected chi connectivity index (χ1v) is 10.6. The van der Waals surface area contributed by atoms with E-state index in [1.807, 2.05) is 6.92 Å². The van der Waals surface area contributed by atoms with Crippen LogP contribution >= 0.6 is 0 Å². The maximum absolute atomic E-state index is 6.37. The molecule has 8 atom stereocenters. The van der Waals surface area contributed by atoms with E-state index in [2.05, 4.69) is 18.7 Å². The Balaban J connectivity index is 1.29. The lowest BCUT2D eigenvalue weighted by Crippen LogP contribution is -2.76. The molecule has 1 saturated carbocycles. The van der Waals surface area contributed by atoms with Crippen molar-refractivity contribution in [3.63, 3.8) is 0 Å². The highest BCUT2D eigenvalue weighted by molar-refractivity contribution is 5.10. The Kier molecular flexibility index (Phi) is 4.79. The molecule has 0 aromatic rings. The van der Waals surface area contributed by atoms with Crippen molar-refractivity contribution in [3.8, 4) is 0 Å². The molecular formula is C20H33NO6. The summed E-state index contributed by atoms with van der Waals surface area (Å²) in [7, 11) is 0. The zero-order valence-corrected chi connectivity index (χ0v) is 16.7. The second-order valence-electron chi connectivity index (χ2n) is 9.26. The monoisotopic (exact) mass is 383 g/mol. The van der Waals surface area contributed by atoms with Gasteiger partial charge in [-0.2, -0.15) is 0 Å². The summed E-state index contributed by atoms with van der Waals surface area (Å²) in [6.07, 6.45) is 2.53. The highest BCUT2D eigenvalue weighted by Gasteiger charge is 2.72. The quantitative estimate of drug-likeness (QED) is 0.690. The molecule has 6 rings (SSSR count). The molecule has 154 valence electrons. The van der Waals surface area contributed by atoms with Gasteiger partial charge in [-0.05, 0) is 25.7 Å². The zero-order valence-electron chi connectivity index (χ0n) is 16.7. The van der Waals surface area contributed by atoms with Gasteiger partial charge in [0.05, 0.1) is 19.8 Å². The molecule has 5 heterocycles. The van der Waals surface area contributed by atoms with Gasteiger partial charge in [-0.1, -0.05) is 13.8 Å². The predicted octanol–water partition coefficient (Wildman–Crippen LogP) is 2.15. The van der Waals surface area contributed by atoms with Gasteiger partial charge in [-0.25, -0.2) is 9.78 Å². The van der Waals surface area contributed by atoms with Gasteiger partial charge in [-0.15, -0.1) is 0 Å². The van der Waals surface area contributed by atoms with E-state index in [0.29, 0.717) is 24.4 Å². The highest BCUT2D eigenvalue weighted by Crippen LogP contribution is 2.62. The van der Waals surface area contributed by atoms with Gasteiger partial charge in [0.1, 0.15) is 0 Å². The minimum absolute atomic E-state index is 0.246. The minimum Gasteiger partial charge on any atom is -0.379 e. The molecular weight excluding hydrogens is 350 g/mol. The topological polar surface area (TPSA) is 58.6 Å². The molecule has 0 aromatic heterocycles. The lowest BCUT2D eigenvalue weighted by atomic mass is 9.56. The molecule has 5 aliphatic heterocycles. The third-order valence-electron chi connectivity index (χ3n) is 7.57. The average Bonchev–Trinajstić information content (AvgIpc) is 2.67. The van der Waals surface area contributed by atoms with E-state index in [0.717, 1.165) is 45.7 Å². The standard InChI is InChI=1S/C20H33NO6/c1-13-4-5-15-14(2)17(23-11-8-21-6-9-22-10-7-21)24-18-20(15)16(13)12-19(3,25-18)26-27-20/h13-18H,4-12H2,1-3H3/t13-,14-,15?,16?,17+,18-,19?,20+/m1/s1. The minimum atomic E-state index is -0.716. The van der Waals surface area contributed by atoms with Crippen molar-refractivity contribution in [1.82, 2.24) is 4.90 Å². The van der Waals surface area contributed by atoms with E-state index < -0.39 is 17.7 Å². The summed E-state index contributed by atoms with van der Waals surface area (Å²) >= 11 is 0.